The Morgan fingerprint density at radius 3 is 1.87 bits per heavy atom. The molecule has 92 valence electrons. The lowest BCUT2D eigenvalue weighted by atomic mass is 9.79. The summed E-state index contributed by atoms with van der Waals surface area (Å²) in [5, 5.41) is 0. The van der Waals surface area contributed by atoms with E-state index in [4.69, 9.17) is 0 Å². The highest BCUT2D eigenvalue weighted by molar-refractivity contribution is 4.70. The maximum atomic E-state index is 2.44. The zero-order valence-electron chi connectivity index (χ0n) is 11.8. The monoisotopic (exact) mass is 212 g/mol. The summed E-state index contributed by atoms with van der Waals surface area (Å²) in [5.41, 5.74) is 0. The van der Waals surface area contributed by atoms with E-state index in [9.17, 15) is 0 Å². The SMILES string of the molecule is CCCC(C)CC(CC(C)C)C(C)CC. The van der Waals surface area contributed by atoms with Gasteiger partial charge in [-0.1, -0.05) is 60.8 Å². The third-order valence-electron chi connectivity index (χ3n) is 3.71. The van der Waals surface area contributed by atoms with Crippen LogP contribution in [0.25, 0.3) is 0 Å². The molecule has 0 aromatic heterocycles. The topological polar surface area (TPSA) is 0 Å². The van der Waals surface area contributed by atoms with Gasteiger partial charge in [-0.2, -0.15) is 0 Å². The normalized spacial score (nSPS) is 17.8. The summed E-state index contributed by atoms with van der Waals surface area (Å²) in [7, 11) is 0. The first-order valence-electron chi connectivity index (χ1n) is 7.01. The molecule has 0 aliphatic heterocycles. The first kappa shape index (κ1) is 15.0. The van der Waals surface area contributed by atoms with Gasteiger partial charge in [0.25, 0.3) is 0 Å². The smallest absolute Gasteiger partial charge is 0.0384 e. The molecule has 0 nitrogen and oxygen atoms in total. The minimum Gasteiger partial charge on any atom is -0.0654 e. The summed E-state index contributed by atoms with van der Waals surface area (Å²) in [6.07, 6.45) is 6.96. The molecule has 0 aliphatic rings. The highest BCUT2D eigenvalue weighted by Crippen LogP contribution is 2.30. The minimum atomic E-state index is 0.859. The molecule has 0 rings (SSSR count). The fourth-order valence-electron chi connectivity index (χ4n) is 2.63. The average molecular weight is 212 g/mol. The highest BCUT2D eigenvalue weighted by Gasteiger charge is 2.19. The second-order valence-electron chi connectivity index (χ2n) is 5.90. The van der Waals surface area contributed by atoms with E-state index < -0.39 is 0 Å². The molecule has 3 unspecified atom stereocenters. The van der Waals surface area contributed by atoms with Crippen LogP contribution in [0.3, 0.4) is 0 Å². The van der Waals surface area contributed by atoms with Crippen LogP contribution in [-0.2, 0) is 0 Å². The van der Waals surface area contributed by atoms with Crippen LogP contribution in [0.4, 0.5) is 0 Å². The maximum Gasteiger partial charge on any atom is -0.0384 e. The fourth-order valence-corrected chi connectivity index (χ4v) is 2.63. The van der Waals surface area contributed by atoms with E-state index in [0.29, 0.717) is 0 Å². The molecule has 0 aromatic carbocycles. The van der Waals surface area contributed by atoms with Gasteiger partial charge in [-0.25, -0.2) is 0 Å². The predicted octanol–water partition coefficient (Wildman–Crippen LogP) is 5.52. The predicted molar refractivity (Wildman–Crippen MR) is 71.1 cm³/mol. The standard InChI is InChI=1S/C15H32/c1-7-9-13(5)11-15(10-12(3)4)14(6)8-2/h12-15H,7-11H2,1-6H3. The Bertz CT molecular complexity index is 137. The summed E-state index contributed by atoms with van der Waals surface area (Å²) in [5.74, 6) is 3.65. The molecule has 0 N–H and O–H groups in total. The maximum absolute atomic E-state index is 2.44. The molecule has 0 saturated heterocycles. The van der Waals surface area contributed by atoms with Crippen LogP contribution in [0.1, 0.15) is 73.6 Å². The van der Waals surface area contributed by atoms with Crippen molar-refractivity contribution in [3.05, 3.63) is 0 Å². The van der Waals surface area contributed by atoms with Crippen LogP contribution in [-0.4, -0.2) is 0 Å². The van der Waals surface area contributed by atoms with E-state index in [1.54, 1.807) is 0 Å². The van der Waals surface area contributed by atoms with Gasteiger partial charge in [-0.3, -0.25) is 0 Å². The second kappa shape index (κ2) is 8.19. The van der Waals surface area contributed by atoms with Crippen LogP contribution in [0.5, 0.6) is 0 Å². The Kier molecular flexibility index (Phi) is 8.19. The van der Waals surface area contributed by atoms with Crippen molar-refractivity contribution in [1.29, 1.82) is 0 Å². The first-order chi connectivity index (χ1) is 7.01. The van der Waals surface area contributed by atoms with Crippen LogP contribution in [0.15, 0.2) is 0 Å². The van der Waals surface area contributed by atoms with Crippen molar-refractivity contribution in [3.8, 4) is 0 Å². The Hall–Kier alpha value is 0. The van der Waals surface area contributed by atoms with Gasteiger partial charge < -0.3 is 0 Å². The van der Waals surface area contributed by atoms with Crippen molar-refractivity contribution in [1.82, 2.24) is 0 Å². The zero-order chi connectivity index (χ0) is 11.8. The summed E-state index contributed by atoms with van der Waals surface area (Å²) in [6.45, 7) is 14.2. The Morgan fingerprint density at radius 1 is 0.867 bits per heavy atom. The highest BCUT2D eigenvalue weighted by atomic mass is 14.2. The van der Waals surface area contributed by atoms with Crippen molar-refractivity contribution >= 4 is 0 Å². The quantitative estimate of drug-likeness (QED) is 0.497. The second-order valence-corrected chi connectivity index (χ2v) is 5.90. The molecule has 0 aromatic rings. The van der Waals surface area contributed by atoms with Crippen molar-refractivity contribution in [2.75, 3.05) is 0 Å². The Labute approximate surface area is 97.8 Å². The van der Waals surface area contributed by atoms with Gasteiger partial charge in [0.1, 0.15) is 0 Å². The lowest BCUT2D eigenvalue weighted by Gasteiger charge is -2.27. The Morgan fingerprint density at radius 2 is 1.47 bits per heavy atom. The van der Waals surface area contributed by atoms with Gasteiger partial charge in [0.2, 0.25) is 0 Å². The molecule has 0 radical (unpaired) electrons. The zero-order valence-corrected chi connectivity index (χ0v) is 11.8. The van der Waals surface area contributed by atoms with Crippen LogP contribution in [0.2, 0.25) is 0 Å². The van der Waals surface area contributed by atoms with Gasteiger partial charge in [0, 0.05) is 0 Å². The van der Waals surface area contributed by atoms with E-state index in [-0.39, 0.29) is 0 Å². The van der Waals surface area contributed by atoms with E-state index in [0.717, 1.165) is 23.7 Å². The molecule has 0 heteroatoms. The van der Waals surface area contributed by atoms with Crippen LogP contribution in [0, 0.1) is 23.7 Å². The third-order valence-corrected chi connectivity index (χ3v) is 3.71. The molecule has 3 atom stereocenters. The van der Waals surface area contributed by atoms with E-state index in [1.807, 2.05) is 0 Å². The lowest BCUT2D eigenvalue weighted by molar-refractivity contribution is 0.237. The number of hydrogen-bond donors (Lipinski definition) is 0. The molecule has 15 heavy (non-hydrogen) atoms. The van der Waals surface area contributed by atoms with Crippen LogP contribution < -0.4 is 0 Å². The average Bonchev–Trinajstić information content (AvgIpc) is 2.15. The molecule has 0 bridgehead atoms. The summed E-state index contributed by atoms with van der Waals surface area (Å²) in [6, 6.07) is 0. The molecule has 0 spiro atoms. The molecule has 0 aliphatic carbocycles. The van der Waals surface area contributed by atoms with Gasteiger partial charge in [-0.15, -0.1) is 0 Å². The summed E-state index contributed by atoms with van der Waals surface area (Å²) < 4.78 is 0. The summed E-state index contributed by atoms with van der Waals surface area (Å²) >= 11 is 0. The van der Waals surface area contributed by atoms with Crippen molar-refractivity contribution in [2.45, 2.75) is 73.6 Å². The van der Waals surface area contributed by atoms with E-state index in [2.05, 4.69) is 41.5 Å². The molecule has 0 fully saturated rings. The Balaban J connectivity index is 4.11. The molecular weight excluding hydrogens is 180 g/mol. The minimum absolute atomic E-state index is 0.859. The van der Waals surface area contributed by atoms with E-state index >= 15 is 0 Å². The first-order valence-corrected chi connectivity index (χ1v) is 7.01. The van der Waals surface area contributed by atoms with Crippen molar-refractivity contribution < 1.29 is 0 Å². The molecule has 0 saturated carbocycles. The van der Waals surface area contributed by atoms with E-state index in [1.165, 1.54) is 32.1 Å². The van der Waals surface area contributed by atoms with Gasteiger partial charge in [-0.05, 0) is 36.5 Å². The summed E-state index contributed by atoms with van der Waals surface area (Å²) in [4.78, 5) is 0. The molecule has 0 heterocycles. The third kappa shape index (κ3) is 6.98. The molecular formula is C15H32. The van der Waals surface area contributed by atoms with Crippen LogP contribution >= 0.6 is 0 Å². The largest absolute Gasteiger partial charge is 0.0654 e. The number of rotatable bonds is 8. The van der Waals surface area contributed by atoms with Gasteiger partial charge >= 0.3 is 0 Å². The van der Waals surface area contributed by atoms with Crippen molar-refractivity contribution in [3.63, 3.8) is 0 Å². The fraction of sp³-hybridized carbons (Fsp3) is 1.00. The van der Waals surface area contributed by atoms with Gasteiger partial charge in [0.15, 0.2) is 0 Å². The van der Waals surface area contributed by atoms with Gasteiger partial charge in [0.05, 0.1) is 0 Å². The molecule has 0 amide bonds. The number of hydrogen-bond acceptors (Lipinski definition) is 0. The lowest BCUT2D eigenvalue weighted by Crippen LogP contribution is -2.17. The van der Waals surface area contributed by atoms with Crippen molar-refractivity contribution in [2.24, 2.45) is 23.7 Å².